The highest BCUT2D eigenvalue weighted by molar-refractivity contribution is 6.32. The minimum absolute atomic E-state index is 0.00520. The Kier molecular flexibility index (Phi) is 6.61. The van der Waals surface area contributed by atoms with E-state index in [1.165, 1.54) is 4.68 Å². The molecule has 0 aliphatic carbocycles. The van der Waals surface area contributed by atoms with Crippen LogP contribution in [0.2, 0.25) is 5.02 Å². The summed E-state index contributed by atoms with van der Waals surface area (Å²) in [5.41, 5.74) is 2.60. The smallest absolute Gasteiger partial charge is 0.437 e. The molecular formula is C25H23ClN2O4. The van der Waals surface area contributed by atoms with Gasteiger partial charge in [-0.05, 0) is 55.3 Å². The van der Waals surface area contributed by atoms with Crippen molar-refractivity contribution < 1.29 is 13.9 Å². The molecule has 7 heteroatoms. The molecule has 4 aromatic rings. The lowest BCUT2D eigenvalue weighted by atomic mass is 10.2. The van der Waals surface area contributed by atoms with Crippen LogP contribution in [0.15, 0.2) is 82.0 Å². The van der Waals surface area contributed by atoms with E-state index < -0.39 is 5.76 Å². The van der Waals surface area contributed by atoms with Crippen molar-refractivity contribution in [3.8, 4) is 23.0 Å². The van der Waals surface area contributed by atoms with E-state index in [9.17, 15) is 4.79 Å². The first-order valence-corrected chi connectivity index (χ1v) is 10.7. The molecule has 164 valence electrons. The van der Waals surface area contributed by atoms with Gasteiger partial charge in [0.25, 0.3) is 0 Å². The highest BCUT2D eigenvalue weighted by Gasteiger charge is 2.13. The van der Waals surface area contributed by atoms with Crippen molar-refractivity contribution >= 4 is 11.6 Å². The average Bonchev–Trinajstić information content (AvgIpc) is 3.15. The number of rotatable bonds is 8. The van der Waals surface area contributed by atoms with Gasteiger partial charge in [-0.1, -0.05) is 54.1 Å². The fourth-order valence-corrected chi connectivity index (χ4v) is 3.34. The molecule has 6 nitrogen and oxygen atoms in total. The molecule has 0 N–H and O–H groups in total. The van der Waals surface area contributed by atoms with Gasteiger partial charge in [0.05, 0.1) is 17.7 Å². The van der Waals surface area contributed by atoms with Crippen LogP contribution in [0.4, 0.5) is 0 Å². The molecule has 0 spiro atoms. The normalized spacial score (nSPS) is 11.0. The molecule has 0 aliphatic rings. The first-order chi connectivity index (χ1) is 15.5. The Morgan fingerprint density at radius 1 is 1.00 bits per heavy atom. The summed E-state index contributed by atoms with van der Waals surface area (Å²) in [5.74, 6) is 0.991. The Balaban J connectivity index is 1.43. The van der Waals surface area contributed by atoms with Crippen molar-refractivity contribution in [2.45, 2.75) is 33.1 Å². The lowest BCUT2D eigenvalue weighted by Gasteiger charge is -2.11. The zero-order valence-corrected chi connectivity index (χ0v) is 18.6. The highest BCUT2D eigenvalue weighted by atomic mass is 35.5. The van der Waals surface area contributed by atoms with Gasteiger partial charge < -0.3 is 13.9 Å². The zero-order chi connectivity index (χ0) is 22.5. The standard InChI is InChI=1S/C25H23ClN2O4/c1-17(2)31-23-13-10-20(14-22(23)26)24-27-28(25(29)32-24)15-18-8-11-21(12-9-18)30-16-19-6-4-3-5-7-19/h3-14,17H,15-16H2,1-2H3. The number of aromatic nitrogens is 2. The summed E-state index contributed by atoms with van der Waals surface area (Å²) >= 11 is 6.29. The Bertz CT molecular complexity index is 1230. The average molecular weight is 451 g/mol. The molecule has 0 saturated carbocycles. The fraction of sp³-hybridized carbons (Fsp3) is 0.200. The van der Waals surface area contributed by atoms with E-state index >= 15 is 0 Å². The third-order valence-corrected chi connectivity index (χ3v) is 4.95. The van der Waals surface area contributed by atoms with E-state index in [0.29, 0.717) is 22.9 Å². The number of benzene rings is 3. The van der Waals surface area contributed by atoms with E-state index in [1.54, 1.807) is 18.2 Å². The van der Waals surface area contributed by atoms with Crippen molar-refractivity contribution in [1.29, 1.82) is 0 Å². The summed E-state index contributed by atoms with van der Waals surface area (Å²) in [6, 6.07) is 22.7. The minimum Gasteiger partial charge on any atom is -0.489 e. The van der Waals surface area contributed by atoms with Crippen LogP contribution >= 0.6 is 11.6 Å². The second kappa shape index (κ2) is 9.75. The molecule has 32 heavy (non-hydrogen) atoms. The van der Waals surface area contributed by atoms with E-state index in [1.807, 2.05) is 68.4 Å². The van der Waals surface area contributed by atoms with Crippen LogP contribution < -0.4 is 15.2 Å². The molecule has 0 unspecified atom stereocenters. The van der Waals surface area contributed by atoms with Crippen LogP contribution in [0, 0.1) is 0 Å². The van der Waals surface area contributed by atoms with Crippen molar-refractivity contribution in [2.24, 2.45) is 0 Å². The molecule has 3 aromatic carbocycles. The van der Waals surface area contributed by atoms with Crippen molar-refractivity contribution in [2.75, 3.05) is 0 Å². The number of ether oxygens (including phenoxy) is 2. The van der Waals surface area contributed by atoms with Crippen LogP contribution in [0.5, 0.6) is 11.5 Å². The lowest BCUT2D eigenvalue weighted by Crippen LogP contribution is -2.16. The van der Waals surface area contributed by atoms with Gasteiger partial charge in [-0.2, -0.15) is 4.68 Å². The molecular weight excluding hydrogens is 428 g/mol. The van der Waals surface area contributed by atoms with Gasteiger partial charge in [0, 0.05) is 5.56 Å². The SMILES string of the molecule is CC(C)Oc1ccc(-c2nn(Cc3ccc(OCc4ccccc4)cc3)c(=O)o2)cc1Cl. The monoisotopic (exact) mass is 450 g/mol. The van der Waals surface area contributed by atoms with Gasteiger partial charge in [-0.15, -0.1) is 5.10 Å². The minimum atomic E-state index is -0.539. The summed E-state index contributed by atoms with van der Waals surface area (Å²) in [6.45, 7) is 4.62. The molecule has 0 bridgehead atoms. The van der Waals surface area contributed by atoms with Crippen molar-refractivity contribution in [3.05, 3.63) is 99.5 Å². The van der Waals surface area contributed by atoms with Crippen LogP contribution in [0.1, 0.15) is 25.0 Å². The fourth-order valence-electron chi connectivity index (χ4n) is 3.11. The molecule has 0 fully saturated rings. The summed E-state index contributed by atoms with van der Waals surface area (Å²) in [4.78, 5) is 12.3. The van der Waals surface area contributed by atoms with Crippen LogP contribution in [0.25, 0.3) is 11.5 Å². The lowest BCUT2D eigenvalue weighted by molar-refractivity contribution is 0.242. The summed E-state index contributed by atoms with van der Waals surface area (Å²) in [6.07, 6.45) is 0.00520. The first-order valence-electron chi connectivity index (χ1n) is 10.3. The largest absolute Gasteiger partial charge is 0.489 e. The maximum absolute atomic E-state index is 12.3. The number of hydrogen-bond donors (Lipinski definition) is 0. The van der Waals surface area contributed by atoms with Gasteiger partial charge >= 0.3 is 5.76 Å². The summed E-state index contributed by atoms with van der Waals surface area (Å²) in [7, 11) is 0. The predicted molar refractivity (Wildman–Crippen MR) is 123 cm³/mol. The number of halogens is 1. The number of nitrogens with zero attached hydrogens (tertiary/aromatic N) is 2. The van der Waals surface area contributed by atoms with Crippen molar-refractivity contribution in [1.82, 2.24) is 9.78 Å². The molecule has 0 radical (unpaired) electrons. The molecule has 0 saturated heterocycles. The third-order valence-electron chi connectivity index (χ3n) is 4.65. The Hall–Kier alpha value is -3.51. The maximum Gasteiger partial charge on any atom is 0.437 e. The Morgan fingerprint density at radius 3 is 2.44 bits per heavy atom. The van der Waals surface area contributed by atoms with Gasteiger partial charge in [0.2, 0.25) is 5.89 Å². The van der Waals surface area contributed by atoms with Crippen molar-refractivity contribution in [3.63, 3.8) is 0 Å². The van der Waals surface area contributed by atoms with E-state index in [0.717, 1.165) is 16.9 Å². The zero-order valence-electron chi connectivity index (χ0n) is 17.8. The highest BCUT2D eigenvalue weighted by Crippen LogP contribution is 2.30. The number of hydrogen-bond acceptors (Lipinski definition) is 5. The van der Waals surface area contributed by atoms with E-state index in [4.69, 9.17) is 25.5 Å². The third kappa shape index (κ3) is 5.39. The molecule has 0 atom stereocenters. The van der Waals surface area contributed by atoms with Gasteiger partial charge in [0.1, 0.15) is 18.1 Å². The second-order valence-electron chi connectivity index (χ2n) is 7.56. The second-order valence-corrected chi connectivity index (χ2v) is 7.97. The quantitative estimate of drug-likeness (QED) is 0.351. The molecule has 0 amide bonds. The molecule has 1 aromatic heterocycles. The van der Waals surface area contributed by atoms with Gasteiger partial charge in [-0.3, -0.25) is 0 Å². The summed E-state index contributed by atoms with van der Waals surface area (Å²) in [5, 5.41) is 4.74. The van der Waals surface area contributed by atoms with Crippen LogP contribution in [-0.2, 0) is 13.2 Å². The predicted octanol–water partition coefficient (Wildman–Crippen LogP) is 5.57. The van der Waals surface area contributed by atoms with Gasteiger partial charge in [0.15, 0.2) is 0 Å². The topological polar surface area (TPSA) is 66.5 Å². The first kappa shape index (κ1) is 21.7. The molecule has 0 aliphatic heterocycles. The molecule has 1 heterocycles. The Labute approximate surface area is 191 Å². The van der Waals surface area contributed by atoms with Crippen LogP contribution in [0.3, 0.4) is 0 Å². The maximum atomic E-state index is 12.3. The van der Waals surface area contributed by atoms with Gasteiger partial charge in [-0.25, -0.2) is 4.79 Å². The summed E-state index contributed by atoms with van der Waals surface area (Å²) < 4.78 is 18.0. The van der Waals surface area contributed by atoms with Crippen LogP contribution in [-0.4, -0.2) is 15.9 Å². The molecule has 4 rings (SSSR count). The Morgan fingerprint density at radius 2 is 1.75 bits per heavy atom. The van der Waals surface area contributed by atoms with E-state index in [2.05, 4.69) is 5.10 Å². The van der Waals surface area contributed by atoms with E-state index in [-0.39, 0.29) is 18.5 Å².